The summed E-state index contributed by atoms with van der Waals surface area (Å²) >= 11 is 0. The van der Waals surface area contributed by atoms with Gasteiger partial charge in [-0.15, -0.1) is 0 Å². The van der Waals surface area contributed by atoms with Crippen molar-refractivity contribution in [3.63, 3.8) is 0 Å². The van der Waals surface area contributed by atoms with Gasteiger partial charge in [0.2, 0.25) is 5.91 Å². The van der Waals surface area contributed by atoms with E-state index in [2.05, 4.69) is 23.5 Å². The third-order valence-electron chi connectivity index (χ3n) is 4.39. The zero-order valence-electron chi connectivity index (χ0n) is 14.1. The van der Waals surface area contributed by atoms with Gasteiger partial charge in [0.15, 0.2) is 0 Å². The number of amides is 1. The van der Waals surface area contributed by atoms with Crippen molar-refractivity contribution in [3.8, 4) is 6.07 Å². The zero-order chi connectivity index (χ0) is 17.5. The summed E-state index contributed by atoms with van der Waals surface area (Å²) in [7, 11) is 0. The predicted octanol–water partition coefficient (Wildman–Crippen LogP) is 3.67. The van der Waals surface area contributed by atoms with Crippen LogP contribution in [-0.4, -0.2) is 29.9 Å². The van der Waals surface area contributed by atoms with Gasteiger partial charge in [0.1, 0.15) is 0 Å². The number of carbonyl (C=O) groups excluding carboxylic acids is 1. The number of nitrogens with one attached hydrogen (secondary N) is 1. The summed E-state index contributed by atoms with van der Waals surface area (Å²) in [4.78, 5) is 14.2. The third kappa shape index (κ3) is 4.71. The average Bonchev–Trinajstić information content (AvgIpc) is 2.67. The normalized spacial score (nSPS) is 15.1. The second-order valence-electron chi connectivity index (χ2n) is 6.18. The van der Waals surface area contributed by atoms with E-state index in [-0.39, 0.29) is 5.91 Å². The van der Waals surface area contributed by atoms with Crippen LogP contribution in [0.15, 0.2) is 60.7 Å². The predicted molar refractivity (Wildman–Crippen MR) is 99.9 cm³/mol. The molecule has 25 heavy (non-hydrogen) atoms. The molecular weight excluding hydrogens is 310 g/mol. The van der Waals surface area contributed by atoms with Crippen molar-refractivity contribution in [2.75, 3.05) is 18.4 Å². The van der Waals surface area contributed by atoms with Crippen LogP contribution in [0.25, 0.3) is 6.08 Å². The smallest absolute Gasteiger partial charge is 0.246 e. The first kappa shape index (κ1) is 16.8. The molecule has 0 aromatic heterocycles. The van der Waals surface area contributed by atoms with E-state index in [1.165, 1.54) is 0 Å². The van der Waals surface area contributed by atoms with Gasteiger partial charge in [-0.3, -0.25) is 4.79 Å². The molecule has 2 aromatic carbocycles. The van der Waals surface area contributed by atoms with E-state index in [1.54, 1.807) is 24.3 Å². The fourth-order valence-corrected chi connectivity index (χ4v) is 3.00. The number of nitrogens with zero attached hydrogens (tertiary/aromatic N) is 2. The van der Waals surface area contributed by atoms with Crippen molar-refractivity contribution >= 4 is 17.7 Å². The number of para-hydroxylation sites is 1. The maximum atomic E-state index is 12.3. The second kappa shape index (κ2) is 8.16. The lowest BCUT2D eigenvalue weighted by Gasteiger charge is -2.32. The molecule has 1 aliphatic heterocycles. The summed E-state index contributed by atoms with van der Waals surface area (Å²) in [6.07, 6.45) is 5.26. The summed E-state index contributed by atoms with van der Waals surface area (Å²) in [5, 5.41) is 12.4. The monoisotopic (exact) mass is 331 g/mol. The first-order valence-corrected chi connectivity index (χ1v) is 8.53. The molecule has 0 radical (unpaired) electrons. The van der Waals surface area contributed by atoms with Gasteiger partial charge in [-0.25, -0.2) is 0 Å². The Morgan fingerprint density at radius 3 is 2.60 bits per heavy atom. The second-order valence-corrected chi connectivity index (χ2v) is 6.18. The number of rotatable bonds is 4. The minimum Gasteiger partial charge on any atom is -0.382 e. The topological polar surface area (TPSA) is 56.1 Å². The van der Waals surface area contributed by atoms with Crippen molar-refractivity contribution in [1.29, 1.82) is 5.26 Å². The maximum Gasteiger partial charge on any atom is 0.246 e. The summed E-state index contributed by atoms with van der Waals surface area (Å²) in [6, 6.07) is 19.9. The Hall–Kier alpha value is -3.06. The van der Waals surface area contributed by atoms with Crippen LogP contribution in [0.3, 0.4) is 0 Å². The lowest BCUT2D eigenvalue weighted by molar-refractivity contribution is -0.126. The molecule has 2 aromatic rings. The van der Waals surface area contributed by atoms with Gasteiger partial charge < -0.3 is 10.2 Å². The Labute approximate surface area is 148 Å². The van der Waals surface area contributed by atoms with E-state index >= 15 is 0 Å². The molecule has 1 saturated heterocycles. The molecule has 0 saturated carbocycles. The number of hydrogen-bond acceptors (Lipinski definition) is 3. The van der Waals surface area contributed by atoms with Gasteiger partial charge in [-0.05, 0) is 48.7 Å². The SMILES string of the molecule is N#Cc1cccc(C=CC(=O)N2CCC(Nc3ccccc3)CC2)c1. The Bertz CT molecular complexity index is 784. The molecule has 3 rings (SSSR count). The van der Waals surface area contributed by atoms with Crippen LogP contribution in [0.5, 0.6) is 0 Å². The molecule has 1 aliphatic rings. The molecular formula is C21H21N3O. The van der Waals surface area contributed by atoms with Crippen LogP contribution in [0.4, 0.5) is 5.69 Å². The van der Waals surface area contributed by atoms with Gasteiger partial charge in [0.05, 0.1) is 11.6 Å². The minimum atomic E-state index is 0.0283. The summed E-state index contributed by atoms with van der Waals surface area (Å²) in [5.74, 6) is 0.0283. The molecule has 1 heterocycles. The molecule has 0 bridgehead atoms. The number of hydrogen-bond donors (Lipinski definition) is 1. The Morgan fingerprint density at radius 2 is 1.88 bits per heavy atom. The fraction of sp³-hybridized carbons (Fsp3) is 0.238. The number of carbonyl (C=O) groups is 1. The minimum absolute atomic E-state index is 0.0283. The van der Waals surface area contributed by atoms with Gasteiger partial charge >= 0.3 is 0 Å². The first-order valence-electron chi connectivity index (χ1n) is 8.53. The highest BCUT2D eigenvalue weighted by Gasteiger charge is 2.21. The molecule has 0 spiro atoms. The standard InChI is InChI=1S/C21H21N3O/c22-16-18-6-4-5-17(15-18)9-10-21(25)24-13-11-20(12-14-24)23-19-7-2-1-3-8-19/h1-10,15,20,23H,11-14H2. The number of benzene rings is 2. The zero-order valence-corrected chi connectivity index (χ0v) is 14.1. The quantitative estimate of drug-likeness (QED) is 0.870. The van der Waals surface area contributed by atoms with E-state index in [0.717, 1.165) is 37.2 Å². The average molecular weight is 331 g/mol. The summed E-state index contributed by atoms with van der Waals surface area (Å²) < 4.78 is 0. The van der Waals surface area contributed by atoms with Gasteiger partial charge in [0, 0.05) is 30.9 Å². The van der Waals surface area contributed by atoms with Crippen molar-refractivity contribution in [3.05, 3.63) is 71.8 Å². The molecule has 1 amide bonds. The Morgan fingerprint density at radius 1 is 1.12 bits per heavy atom. The highest BCUT2D eigenvalue weighted by molar-refractivity contribution is 5.91. The van der Waals surface area contributed by atoms with Crippen molar-refractivity contribution in [2.45, 2.75) is 18.9 Å². The van der Waals surface area contributed by atoms with Gasteiger partial charge in [0.25, 0.3) is 0 Å². The number of nitriles is 1. The molecule has 4 nitrogen and oxygen atoms in total. The van der Waals surface area contributed by atoms with E-state index in [0.29, 0.717) is 11.6 Å². The number of piperidine rings is 1. The van der Waals surface area contributed by atoms with Crippen LogP contribution >= 0.6 is 0 Å². The molecule has 0 atom stereocenters. The van der Waals surface area contributed by atoms with Crippen LogP contribution in [0, 0.1) is 11.3 Å². The van der Waals surface area contributed by atoms with Gasteiger partial charge in [-0.2, -0.15) is 5.26 Å². The highest BCUT2D eigenvalue weighted by atomic mass is 16.2. The van der Waals surface area contributed by atoms with Crippen molar-refractivity contribution < 1.29 is 4.79 Å². The van der Waals surface area contributed by atoms with Crippen molar-refractivity contribution in [2.24, 2.45) is 0 Å². The van der Waals surface area contributed by atoms with E-state index in [9.17, 15) is 4.79 Å². The summed E-state index contributed by atoms with van der Waals surface area (Å²) in [5.41, 5.74) is 2.60. The van der Waals surface area contributed by atoms with Gasteiger partial charge in [-0.1, -0.05) is 30.3 Å². The Balaban J connectivity index is 1.51. The largest absolute Gasteiger partial charge is 0.382 e. The molecule has 126 valence electrons. The molecule has 1 N–H and O–H groups in total. The van der Waals surface area contributed by atoms with Crippen LogP contribution in [0.1, 0.15) is 24.0 Å². The maximum absolute atomic E-state index is 12.3. The van der Waals surface area contributed by atoms with E-state index < -0.39 is 0 Å². The van der Waals surface area contributed by atoms with E-state index in [1.807, 2.05) is 35.2 Å². The van der Waals surface area contributed by atoms with Crippen LogP contribution in [-0.2, 0) is 4.79 Å². The number of likely N-dealkylation sites (tertiary alicyclic amines) is 1. The van der Waals surface area contributed by atoms with Crippen LogP contribution in [0.2, 0.25) is 0 Å². The Kier molecular flexibility index (Phi) is 5.48. The van der Waals surface area contributed by atoms with Crippen molar-refractivity contribution in [1.82, 2.24) is 4.90 Å². The molecule has 4 heteroatoms. The van der Waals surface area contributed by atoms with Crippen LogP contribution < -0.4 is 5.32 Å². The molecule has 1 fully saturated rings. The summed E-state index contributed by atoms with van der Waals surface area (Å²) in [6.45, 7) is 1.51. The molecule has 0 aliphatic carbocycles. The number of anilines is 1. The lowest BCUT2D eigenvalue weighted by Crippen LogP contribution is -2.41. The van der Waals surface area contributed by atoms with E-state index in [4.69, 9.17) is 5.26 Å². The molecule has 0 unspecified atom stereocenters. The highest BCUT2D eigenvalue weighted by Crippen LogP contribution is 2.17. The lowest BCUT2D eigenvalue weighted by atomic mass is 10.0. The fourth-order valence-electron chi connectivity index (χ4n) is 3.00. The first-order chi connectivity index (χ1) is 12.2. The third-order valence-corrected chi connectivity index (χ3v) is 4.39.